The van der Waals surface area contributed by atoms with E-state index in [1.807, 2.05) is 6.07 Å². The van der Waals surface area contributed by atoms with Gasteiger partial charge in [-0.25, -0.2) is 4.39 Å². The van der Waals surface area contributed by atoms with Crippen LogP contribution in [0, 0.1) is 5.82 Å². The van der Waals surface area contributed by atoms with Crippen LogP contribution in [0.1, 0.15) is 30.7 Å². The predicted octanol–water partition coefficient (Wildman–Crippen LogP) is 2.89. The van der Waals surface area contributed by atoms with Gasteiger partial charge in [0.15, 0.2) is 0 Å². The Balaban J connectivity index is 2.12. The normalized spacial score (nSPS) is 29.6. The Morgan fingerprint density at radius 1 is 1.31 bits per heavy atom. The summed E-state index contributed by atoms with van der Waals surface area (Å²) in [7, 11) is 0. The standard InChI is InChI=1S/C11H12FN/c12-9-5-1-4-8-7-3-2-6-10(7)13-11(8)9/h1,4-5,7,10,13H,2-3,6H2. The molecule has 2 aliphatic rings. The van der Waals surface area contributed by atoms with Gasteiger partial charge in [-0.1, -0.05) is 18.6 Å². The fourth-order valence-corrected chi connectivity index (χ4v) is 2.69. The van der Waals surface area contributed by atoms with Crippen LogP contribution in [-0.4, -0.2) is 6.04 Å². The Kier molecular flexibility index (Phi) is 1.40. The van der Waals surface area contributed by atoms with Gasteiger partial charge in [-0.15, -0.1) is 0 Å². The Bertz CT molecular complexity index is 348. The van der Waals surface area contributed by atoms with Gasteiger partial charge < -0.3 is 5.32 Å². The van der Waals surface area contributed by atoms with Crippen LogP contribution in [-0.2, 0) is 0 Å². The lowest BCUT2D eigenvalue weighted by molar-refractivity contribution is 0.629. The summed E-state index contributed by atoms with van der Waals surface area (Å²) in [5.41, 5.74) is 1.96. The van der Waals surface area contributed by atoms with Crippen LogP contribution >= 0.6 is 0 Å². The highest BCUT2D eigenvalue weighted by atomic mass is 19.1. The highest BCUT2D eigenvalue weighted by Crippen LogP contribution is 2.45. The van der Waals surface area contributed by atoms with Gasteiger partial charge in [0, 0.05) is 12.0 Å². The Morgan fingerprint density at radius 2 is 2.23 bits per heavy atom. The number of halogens is 1. The zero-order valence-electron chi connectivity index (χ0n) is 7.39. The quantitative estimate of drug-likeness (QED) is 0.642. The third-order valence-electron chi connectivity index (χ3n) is 3.29. The maximum Gasteiger partial charge on any atom is 0.146 e. The monoisotopic (exact) mass is 177 g/mol. The average Bonchev–Trinajstić information content (AvgIpc) is 2.65. The first-order valence-corrected chi connectivity index (χ1v) is 4.91. The van der Waals surface area contributed by atoms with E-state index in [9.17, 15) is 4.39 Å². The molecule has 0 radical (unpaired) electrons. The maximum absolute atomic E-state index is 13.3. The summed E-state index contributed by atoms with van der Waals surface area (Å²) in [4.78, 5) is 0. The lowest BCUT2D eigenvalue weighted by Gasteiger charge is -2.07. The topological polar surface area (TPSA) is 12.0 Å². The fraction of sp³-hybridized carbons (Fsp3) is 0.455. The van der Waals surface area contributed by atoms with E-state index >= 15 is 0 Å². The minimum Gasteiger partial charge on any atom is -0.379 e. The molecule has 68 valence electrons. The largest absolute Gasteiger partial charge is 0.379 e. The van der Waals surface area contributed by atoms with Crippen LogP contribution in [0.4, 0.5) is 10.1 Å². The van der Waals surface area contributed by atoms with E-state index in [1.54, 1.807) is 0 Å². The third-order valence-corrected chi connectivity index (χ3v) is 3.29. The molecule has 0 saturated heterocycles. The molecule has 2 heteroatoms. The Hall–Kier alpha value is -1.05. The number of benzene rings is 1. The molecule has 0 bridgehead atoms. The van der Waals surface area contributed by atoms with Crippen LogP contribution in [0.25, 0.3) is 0 Å². The molecular weight excluding hydrogens is 165 g/mol. The first-order chi connectivity index (χ1) is 6.36. The molecule has 1 saturated carbocycles. The van der Waals surface area contributed by atoms with Gasteiger partial charge >= 0.3 is 0 Å². The maximum atomic E-state index is 13.3. The summed E-state index contributed by atoms with van der Waals surface area (Å²) in [5.74, 6) is 0.484. The first-order valence-electron chi connectivity index (χ1n) is 4.91. The van der Waals surface area contributed by atoms with Crippen molar-refractivity contribution in [2.75, 3.05) is 5.32 Å². The van der Waals surface area contributed by atoms with E-state index in [2.05, 4.69) is 11.4 Å². The number of fused-ring (bicyclic) bond motifs is 3. The number of hydrogen-bond donors (Lipinski definition) is 1. The SMILES string of the molecule is Fc1cccc2c1NC1CCCC21. The van der Waals surface area contributed by atoms with Crippen LogP contribution in [0.15, 0.2) is 18.2 Å². The Labute approximate surface area is 77.0 Å². The molecule has 13 heavy (non-hydrogen) atoms. The van der Waals surface area contributed by atoms with E-state index in [1.165, 1.54) is 30.9 Å². The van der Waals surface area contributed by atoms with Gasteiger partial charge in [0.05, 0.1) is 5.69 Å². The van der Waals surface area contributed by atoms with E-state index in [0.29, 0.717) is 12.0 Å². The highest BCUT2D eigenvalue weighted by Gasteiger charge is 2.36. The van der Waals surface area contributed by atoms with Gasteiger partial charge in [-0.05, 0) is 24.5 Å². The Morgan fingerprint density at radius 3 is 3.15 bits per heavy atom. The minimum atomic E-state index is -0.0908. The second kappa shape index (κ2) is 2.47. The smallest absolute Gasteiger partial charge is 0.146 e. The molecular formula is C11H12FN. The molecule has 0 spiro atoms. The minimum absolute atomic E-state index is 0.0908. The van der Waals surface area contributed by atoms with E-state index in [-0.39, 0.29) is 5.82 Å². The molecule has 1 aliphatic heterocycles. The number of anilines is 1. The molecule has 0 amide bonds. The number of nitrogens with one attached hydrogen (secondary N) is 1. The van der Waals surface area contributed by atoms with Gasteiger partial charge in [-0.3, -0.25) is 0 Å². The molecule has 1 aromatic rings. The molecule has 1 aliphatic carbocycles. The molecule has 1 aromatic carbocycles. The summed E-state index contributed by atoms with van der Waals surface area (Å²) in [6, 6.07) is 5.91. The van der Waals surface area contributed by atoms with Crippen molar-refractivity contribution in [3.05, 3.63) is 29.6 Å². The van der Waals surface area contributed by atoms with Crippen molar-refractivity contribution in [2.24, 2.45) is 0 Å². The number of rotatable bonds is 0. The zero-order chi connectivity index (χ0) is 8.84. The van der Waals surface area contributed by atoms with Crippen molar-refractivity contribution < 1.29 is 4.39 Å². The molecule has 1 N–H and O–H groups in total. The van der Waals surface area contributed by atoms with Gasteiger partial charge in [-0.2, -0.15) is 0 Å². The van der Waals surface area contributed by atoms with E-state index < -0.39 is 0 Å². The molecule has 3 rings (SSSR count). The van der Waals surface area contributed by atoms with Gasteiger partial charge in [0.25, 0.3) is 0 Å². The number of hydrogen-bond acceptors (Lipinski definition) is 1. The fourth-order valence-electron chi connectivity index (χ4n) is 2.69. The van der Waals surface area contributed by atoms with Crippen molar-refractivity contribution in [3.8, 4) is 0 Å². The highest BCUT2D eigenvalue weighted by molar-refractivity contribution is 5.60. The molecule has 1 nitrogen and oxygen atoms in total. The predicted molar refractivity (Wildman–Crippen MR) is 50.4 cm³/mol. The summed E-state index contributed by atoms with van der Waals surface area (Å²) in [5, 5.41) is 3.29. The summed E-state index contributed by atoms with van der Waals surface area (Å²) < 4.78 is 13.3. The van der Waals surface area contributed by atoms with Crippen molar-refractivity contribution in [3.63, 3.8) is 0 Å². The average molecular weight is 177 g/mol. The lowest BCUT2D eigenvalue weighted by atomic mass is 9.98. The number of para-hydroxylation sites is 1. The lowest BCUT2D eigenvalue weighted by Crippen LogP contribution is -2.13. The van der Waals surface area contributed by atoms with Crippen molar-refractivity contribution in [1.29, 1.82) is 0 Å². The van der Waals surface area contributed by atoms with Crippen LogP contribution in [0.5, 0.6) is 0 Å². The first kappa shape index (κ1) is 7.36. The second-order valence-electron chi connectivity index (χ2n) is 3.99. The molecule has 2 atom stereocenters. The molecule has 1 heterocycles. The van der Waals surface area contributed by atoms with Crippen LogP contribution in [0.3, 0.4) is 0 Å². The second-order valence-corrected chi connectivity index (χ2v) is 3.99. The van der Waals surface area contributed by atoms with Gasteiger partial charge in [0.2, 0.25) is 0 Å². The van der Waals surface area contributed by atoms with Crippen LogP contribution < -0.4 is 5.32 Å². The molecule has 0 aromatic heterocycles. The van der Waals surface area contributed by atoms with Crippen molar-refractivity contribution in [1.82, 2.24) is 0 Å². The van der Waals surface area contributed by atoms with Gasteiger partial charge in [0.1, 0.15) is 5.82 Å². The molecule has 1 fully saturated rings. The van der Waals surface area contributed by atoms with Crippen molar-refractivity contribution >= 4 is 5.69 Å². The van der Waals surface area contributed by atoms with E-state index in [4.69, 9.17) is 0 Å². The zero-order valence-corrected chi connectivity index (χ0v) is 7.39. The van der Waals surface area contributed by atoms with Crippen LogP contribution in [0.2, 0.25) is 0 Å². The summed E-state index contributed by atoms with van der Waals surface area (Å²) in [6.07, 6.45) is 3.69. The summed E-state index contributed by atoms with van der Waals surface area (Å²) >= 11 is 0. The van der Waals surface area contributed by atoms with E-state index in [0.717, 1.165) is 5.69 Å². The molecule has 2 unspecified atom stereocenters. The third kappa shape index (κ3) is 0.916. The van der Waals surface area contributed by atoms with Crippen molar-refractivity contribution in [2.45, 2.75) is 31.2 Å². The summed E-state index contributed by atoms with van der Waals surface area (Å²) in [6.45, 7) is 0.